The predicted molar refractivity (Wildman–Crippen MR) is 261 cm³/mol. The number of hydrogen-bond donors (Lipinski definition) is 5. The number of esters is 5. The van der Waals surface area contributed by atoms with Crippen molar-refractivity contribution >= 4 is 41.5 Å². The molecule has 2 bridgehead atoms. The normalized spacial score (nSPS) is 29.4. The van der Waals surface area contributed by atoms with E-state index in [2.05, 4.69) is 5.32 Å². The Kier molecular flexibility index (Phi) is 14.9. The van der Waals surface area contributed by atoms with Gasteiger partial charge in [-0.1, -0.05) is 111 Å². The fourth-order valence-electron chi connectivity index (χ4n) is 11.5. The first-order valence-electron chi connectivity index (χ1n) is 24.3. The number of carbonyl (C=O) groups is 7. The molecule has 0 radical (unpaired) electrons. The maximum Gasteiger partial charge on any atom is 0.338 e. The molecule has 13 atom stereocenters. The first-order valence-corrected chi connectivity index (χ1v) is 24.3. The summed E-state index contributed by atoms with van der Waals surface area (Å²) >= 11 is 0. The molecule has 3 fully saturated rings. The molecule has 390 valence electrons. The Morgan fingerprint density at radius 3 is 1.80 bits per heavy atom. The number of carbonyl (C=O) groups excluding carboxylic acids is 7. The fraction of sp³-hybridized carbons (Fsp3) is 0.411. The first-order chi connectivity index (χ1) is 35.1. The van der Waals surface area contributed by atoms with Gasteiger partial charge in [0.2, 0.25) is 0 Å². The van der Waals surface area contributed by atoms with Gasteiger partial charge < -0.3 is 54.8 Å². The SMILES string of the molecule is CC(=O)O[C@H]1C(=O)[C@@]2(C)C([C@H](OC(=O)c3ccccc3)[C@]3(O)C[C@H](OC(=O)[C@H](O)[C@@H](NC(=O)c4ccccc4)c4ccccc4)C(C)=C1C3(C)C)[C@]1(OC(C)=O)CO[C@@H]1C[C@@H]2OC(=O)C(O)C(N)c1ccccc1. The van der Waals surface area contributed by atoms with Crippen LogP contribution in [0.3, 0.4) is 0 Å². The Morgan fingerprint density at radius 2 is 1.26 bits per heavy atom. The third kappa shape index (κ3) is 9.40. The van der Waals surface area contributed by atoms with Gasteiger partial charge in [0.25, 0.3) is 5.91 Å². The Labute approximate surface area is 427 Å². The summed E-state index contributed by atoms with van der Waals surface area (Å²) in [5.41, 5.74) is -1.25. The van der Waals surface area contributed by atoms with Gasteiger partial charge in [-0.2, -0.15) is 0 Å². The van der Waals surface area contributed by atoms with E-state index in [0.29, 0.717) is 11.1 Å². The zero-order valence-electron chi connectivity index (χ0n) is 41.7. The Morgan fingerprint density at radius 1 is 0.716 bits per heavy atom. The van der Waals surface area contributed by atoms with Crippen molar-refractivity contribution in [1.29, 1.82) is 0 Å². The monoisotopic (exact) mass is 1020 g/mol. The minimum absolute atomic E-state index is 0.0000937. The van der Waals surface area contributed by atoms with E-state index in [-0.39, 0.29) is 28.7 Å². The Bertz CT molecular complexity index is 2830. The molecule has 2 saturated carbocycles. The largest absolute Gasteiger partial charge is 0.459 e. The summed E-state index contributed by atoms with van der Waals surface area (Å²) in [6.45, 7) is 7.62. The third-order valence-electron chi connectivity index (χ3n) is 15.5. The predicted octanol–water partition coefficient (Wildman–Crippen LogP) is 4.35. The highest BCUT2D eigenvalue weighted by atomic mass is 16.6. The van der Waals surface area contributed by atoms with Gasteiger partial charge in [-0.15, -0.1) is 0 Å². The van der Waals surface area contributed by atoms with E-state index < -0.39 is 137 Å². The lowest BCUT2D eigenvalue weighted by Crippen LogP contribution is -2.82. The topological polar surface area (TPSA) is 274 Å². The quantitative estimate of drug-likeness (QED) is 0.0667. The van der Waals surface area contributed by atoms with Gasteiger partial charge >= 0.3 is 29.8 Å². The van der Waals surface area contributed by atoms with Crippen LogP contribution in [-0.2, 0) is 52.4 Å². The number of aliphatic hydroxyl groups is 3. The van der Waals surface area contributed by atoms with Crippen LogP contribution in [0.1, 0.15) is 98.3 Å². The standard InChI is InChI=1S/C56H60N2O16/c1-30-37(71-52(67)44(62)42(34-21-13-8-14-22-34)58-49(64)35-23-15-9-16-24-35)28-56(68)48(73-50(65)36-25-17-10-18-26-36)46-54(6,47(63)45(70-31(2)59)40(30)53(56,4)5)38(27-39-55(46,29-69-39)74-32(3)60)72-51(66)43(61)41(57)33-19-11-7-12-20-33/h7-26,37-39,41-46,48,61-62,68H,27-29,57H2,1-6H3,(H,58,64)/t37-,38-,39+,41?,42-,43?,44+,45+,46?,48-,54+,55-,56+/m0/s1. The van der Waals surface area contributed by atoms with Crippen molar-refractivity contribution < 1.29 is 77.3 Å². The van der Waals surface area contributed by atoms with Crippen LogP contribution in [0.4, 0.5) is 0 Å². The average Bonchev–Trinajstić information content (AvgIpc) is 3.38. The number of nitrogens with one attached hydrogen (secondary N) is 1. The number of ether oxygens (including phenoxy) is 6. The summed E-state index contributed by atoms with van der Waals surface area (Å²) in [6, 6.07) is 29.5. The van der Waals surface area contributed by atoms with Crippen LogP contribution in [0, 0.1) is 16.7 Å². The molecule has 1 aliphatic heterocycles. The van der Waals surface area contributed by atoms with E-state index in [1.54, 1.807) is 109 Å². The Balaban J connectivity index is 1.30. The molecule has 3 aliphatic carbocycles. The maximum atomic E-state index is 16.3. The number of nitrogens with two attached hydrogens (primary N) is 1. The second-order valence-electron chi connectivity index (χ2n) is 20.1. The van der Waals surface area contributed by atoms with Crippen molar-refractivity contribution in [2.75, 3.05) is 6.61 Å². The van der Waals surface area contributed by atoms with Gasteiger partial charge in [0.05, 0.1) is 35.6 Å². The van der Waals surface area contributed by atoms with Gasteiger partial charge in [-0.25, -0.2) is 14.4 Å². The van der Waals surface area contributed by atoms with Crippen LogP contribution in [0.5, 0.6) is 0 Å². The molecule has 8 rings (SSSR count). The number of benzene rings is 4. The van der Waals surface area contributed by atoms with Gasteiger partial charge in [-0.05, 0) is 60.4 Å². The number of hydrogen-bond acceptors (Lipinski definition) is 17. The third-order valence-corrected chi connectivity index (χ3v) is 15.5. The zero-order chi connectivity index (χ0) is 53.5. The molecule has 74 heavy (non-hydrogen) atoms. The second-order valence-corrected chi connectivity index (χ2v) is 20.1. The number of rotatable bonds is 14. The van der Waals surface area contributed by atoms with Gasteiger partial charge in [0, 0.05) is 37.7 Å². The second kappa shape index (κ2) is 20.7. The lowest BCUT2D eigenvalue weighted by molar-refractivity contribution is -0.346. The summed E-state index contributed by atoms with van der Waals surface area (Å²) in [4.78, 5) is 100. The summed E-state index contributed by atoms with van der Waals surface area (Å²) < 4.78 is 37.2. The van der Waals surface area contributed by atoms with Crippen LogP contribution < -0.4 is 11.1 Å². The summed E-state index contributed by atoms with van der Waals surface area (Å²) in [7, 11) is 0. The molecule has 3 unspecified atom stereocenters. The minimum Gasteiger partial charge on any atom is -0.459 e. The smallest absolute Gasteiger partial charge is 0.338 e. The number of Topliss-reactive ketones (excluding diaryl/α,β-unsaturated/α-hetero) is 1. The van der Waals surface area contributed by atoms with Gasteiger partial charge in [-0.3, -0.25) is 19.2 Å². The number of aliphatic hydroxyl groups excluding tert-OH is 2. The highest BCUT2D eigenvalue weighted by molar-refractivity contribution is 5.96. The highest BCUT2D eigenvalue weighted by Crippen LogP contribution is 2.65. The van der Waals surface area contributed by atoms with Crippen LogP contribution in [0.25, 0.3) is 0 Å². The van der Waals surface area contributed by atoms with Crippen molar-refractivity contribution in [3.63, 3.8) is 0 Å². The Hall–Kier alpha value is -7.09. The van der Waals surface area contributed by atoms with Crippen LogP contribution in [0.2, 0.25) is 0 Å². The minimum atomic E-state index is -2.54. The highest BCUT2D eigenvalue weighted by Gasteiger charge is 2.79. The fourth-order valence-corrected chi connectivity index (χ4v) is 11.5. The van der Waals surface area contributed by atoms with Gasteiger partial charge in [0.1, 0.15) is 30.0 Å². The van der Waals surface area contributed by atoms with Crippen molar-refractivity contribution in [2.45, 2.75) is 120 Å². The van der Waals surface area contributed by atoms with Crippen molar-refractivity contribution in [3.8, 4) is 0 Å². The molecular formula is C56H60N2O16. The average molecular weight is 1020 g/mol. The molecule has 6 N–H and O–H groups in total. The summed E-state index contributed by atoms with van der Waals surface area (Å²) in [6.07, 6.45) is -13.5. The molecule has 4 aromatic rings. The summed E-state index contributed by atoms with van der Waals surface area (Å²) in [5.74, 6) is -8.74. The molecule has 0 aromatic heterocycles. The van der Waals surface area contributed by atoms with Crippen molar-refractivity contribution in [1.82, 2.24) is 5.32 Å². The lowest BCUT2D eigenvalue weighted by atomic mass is 9.44. The number of ketones is 1. The van der Waals surface area contributed by atoms with E-state index in [1.165, 1.54) is 39.8 Å². The molecule has 1 heterocycles. The molecule has 4 aliphatic rings. The molecule has 4 aromatic carbocycles. The van der Waals surface area contributed by atoms with Crippen LogP contribution in [0.15, 0.2) is 132 Å². The van der Waals surface area contributed by atoms with E-state index in [1.807, 2.05) is 0 Å². The van der Waals surface area contributed by atoms with Crippen LogP contribution in [-0.4, -0.2) is 117 Å². The maximum absolute atomic E-state index is 16.3. The number of fused-ring (bicyclic) bond motifs is 5. The van der Waals surface area contributed by atoms with E-state index in [4.69, 9.17) is 34.2 Å². The van der Waals surface area contributed by atoms with Crippen molar-refractivity contribution in [3.05, 3.63) is 155 Å². The zero-order valence-corrected chi connectivity index (χ0v) is 41.7. The molecular weight excluding hydrogens is 957 g/mol. The molecule has 18 heteroatoms. The molecule has 0 spiro atoms. The lowest BCUT2D eigenvalue weighted by Gasteiger charge is -2.67. The van der Waals surface area contributed by atoms with Crippen molar-refractivity contribution in [2.24, 2.45) is 22.5 Å². The first kappa shape index (κ1) is 53.2. The molecule has 18 nitrogen and oxygen atoms in total. The van der Waals surface area contributed by atoms with Gasteiger partial charge in [0.15, 0.2) is 29.7 Å². The molecule has 1 saturated heterocycles. The summed E-state index contributed by atoms with van der Waals surface area (Å²) in [5, 5.41) is 40.2. The van der Waals surface area contributed by atoms with E-state index in [9.17, 15) is 44.1 Å². The number of amides is 1. The van der Waals surface area contributed by atoms with Crippen LogP contribution >= 0.6 is 0 Å². The van der Waals surface area contributed by atoms with E-state index >= 15 is 4.79 Å². The van der Waals surface area contributed by atoms with E-state index in [0.717, 1.165) is 13.8 Å². The molecule has 1 amide bonds.